The number of hydrogen-bond donors (Lipinski definition) is 0. The minimum atomic E-state index is 0.198. The van der Waals surface area contributed by atoms with Crippen LogP contribution in [0.15, 0.2) is 4.47 Å². The van der Waals surface area contributed by atoms with Gasteiger partial charge >= 0.3 is 0 Å². The maximum Gasteiger partial charge on any atom is 0.0738 e. The van der Waals surface area contributed by atoms with Gasteiger partial charge in [0.2, 0.25) is 0 Å². The normalized spacial score (nSPS) is 14.1. The van der Waals surface area contributed by atoms with E-state index in [2.05, 4.69) is 53.4 Å². The highest BCUT2D eigenvalue weighted by molar-refractivity contribution is 9.10. The van der Waals surface area contributed by atoms with E-state index in [9.17, 15) is 0 Å². The third kappa shape index (κ3) is 3.99. The lowest BCUT2D eigenvalue weighted by molar-refractivity contribution is 0.321. The van der Waals surface area contributed by atoms with E-state index >= 15 is 0 Å². The summed E-state index contributed by atoms with van der Waals surface area (Å²) < 4.78 is 3.23. The molecular weight excluding hydrogens is 300 g/mol. The first-order valence-electron chi connectivity index (χ1n) is 6.12. The first kappa shape index (κ1) is 15.0. The number of alkyl halides is 1. The van der Waals surface area contributed by atoms with Crippen molar-refractivity contribution in [1.29, 1.82) is 0 Å². The SMILES string of the molecule is CCn1nc(C)c(Br)c1CC(C)(C)CC(C)Cl. The molecule has 0 N–H and O–H groups in total. The molecule has 1 rings (SSSR count). The first-order valence-corrected chi connectivity index (χ1v) is 7.35. The van der Waals surface area contributed by atoms with E-state index in [0.717, 1.165) is 29.6 Å². The quantitative estimate of drug-likeness (QED) is 0.727. The average molecular weight is 322 g/mol. The van der Waals surface area contributed by atoms with E-state index in [-0.39, 0.29) is 10.8 Å². The predicted molar refractivity (Wildman–Crippen MR) is 77.8 cm³/mol. The van der Waals surface area contributed by atoms with Crippen LogP contribution in [-0.2, 0) is 13.0 Å². The molecule has 0 fully saturated rings. The smallest absolute Gasteiger partial charge is 0.0738 e. The molecule has 1 atom stereocenters. The van der Waals surface area contributed by atoms with Crippen molar-refractivity contribution < 1.29 is 0 Å². The average Bonchev–Trinajstić information content (AvgIpc) is 2.43. The van der Waals surface area contributed by atoms with Gasteiger partial charge in [-0.05, 0) is 55.0 Å². The lowest BCUT2D eigenvalue weighted by atomic mass is 9.83. The molecule has 0 bridgehead atoms. The fraction of sp³-hybridized carbons (Fsp3) is 0.769. The van der Waals surface area contributed by atoms with Crippen molar-refractivity contribution in [2.24, 2.45) is 5.41 Å². The van der Waals surface area contributed by atoms with Crippen LogP contribution >= 0.6 is 27.5 Å². The molecule has 1 unspecified atom stereocenters. The Morgan fingerprint density at radius 2 is 2.06 bits per heavy atom. The molecule has 0 radical (unpaired) electrons. The highest BCUT2D eigenvalue weighted by Gasteiger charge is 2.25. The monoisotopic (exact) mass is 320 g/mol. The van der Waals surface area contributed by atoms with Crippen molar-refractivity contribution in [1.82, 2.24) is 9.78 Å². The van der Waals surface area contributed by atoms with Gasteiger partial charge in [-0.2, -0.15) is 5.10 Å². The minimum Gasteiger partial charge on any atom is -0.268 e. The molecule has 98 valence electrons. The molecule has 0 saturated carbocycles. The third-order valence-corrected chi connectivity index (χ3v) is 4.12. The van der Waals surface area contributed by atoms with Gasteiger partial charge in [0.05, 0.1) is 15.9 Å². The van der Waals surface area contributed by atoms with Gasteiger partial charge in [-0.1, -0.05) is 13.8 Å². The zero-order valence-electron chi connectivity index (χ0n) is 11.3. The summed E-state index contributed by atoms with van der Waals surface area (Å²) in [7, 11) is 0. The summed E-state index contributed by atoms with van der Waals surface area (Å²) >= 11 is 9.76. The molecule has 0 amide bonds. The lowest BCUT2D eigenvalue weighted by Crippen LogP contribution is -2.21. The summed E-state index contributed by atoms with van der Waals surface area (Å²) in [5, 5.41) is 4.74. The molecule has 1 heterocycles. The highest BCUT2D eigenvalue weighted by atomic mass is 79.9. The summed E-state index contributed by atoms with van der Waals surface area (Å²) in [4.78, 5) is 0. The van der Waals surface area contributed by atoms with Gasteiger partial charge in [0.15, 0.2) is 0 Å². The molecule has 0 spiro atoms. The third-order valence-electron chi connectivity index (χ3n) is 2.93. The van der Waals surface area contributed by atoms with Gasteiger partial charge in [-0.15, -0.1) is 11.6 Å². The van der Waals surface area contributed by atoms with Crippen LogP contribution in [0.3, 0.4) is 0 Å². The first-order chi connectivity index (χ1) is 7.76. The molecule has 17 heavy (non-hydrogen) atoms. The van der Waals surface area contributed by atoms with Gasteiger partial charge in [-0.25, -0.2) is 0 Å². The largest absolute Gasteiger partial charge is 0.268 e. The Morgan fingerprint density at radius 1 is 1.47 bits per heavy atom. The van der Waals surface area contributed by atoms with E-state index in [4.69, 9.17) is 11.6 Å². The van der Waals surface area contributed by atoms with Gasteiger partial charge in [-0.3, -0.25) is 4.68 Å². The van der Waals surface area contributed by atoms with Crippen molar-refractivity contribution in [3.8, 4) is 0 Å². The van der Waals surface area contributed by atoms with Crippen LogP contribution in [-0.4, -0.2) is 15.2 Å². The molecule has 0 aliphatic carbocycles. The van der Waals surface area contributed by atoms with Gasteiger partial charge in [0.25, 0.3) is 0 Å². The van der Waals surface area contributed by atoms with Crippen LogP contribution in [0.1, 0.15) is 45.5 Å². The Hall–Kier alpha value is -0.0200. The topological polar surface area (TPSA) is 17.8 Å². The van der Waals surface area contributed by atoms with Gasteiger partial charge < -0.3 is 0 Å². The molecular formula is C13H22BrClN2. The molecule has 0 saturated heterocycles. The summed E-state index contributed by atoms with van der Waals surface area (Å²) in [5.41, 5.74) is 2.55. The molecule has 0 aliphatic rings. The van der Waals surface area contributed by atoms with Crippen LogP contribution < -0.4 is 0 Å². The maximum atomic E-state index is 6.11. The number of aromatic nitrogens is 2. The number of rotatable bonds is 5. The highest BCUT2D eigenvalue weighted by Crippen LogP contribution is 2.33. The summed E-state index contributed by atoms with van der Waals surface area (Å²) in [6, 6.07) is 0. The molecule has 1 aromatic heterocycles. The molecule has 4 heteroatoms. The Morgan fingerprint density at radius 3 is 2.53 bits per heavy atom. The molecule has 2 nitrogen and oxygen atoms in total. The van der Waals surface area contributed by atoms with Crippen LogP contribution in [0.25, 0.3) is 0 Å². The second kappa shape index (κ2) is 5.75. The van der Waals surface area contributed by atoms with E-state index in [1.165, 1.54) is 5.69 Å². The standard InChI is InChI=1S/C13H22BrClN2/c1-6-17-11(12(14)10(3)16-17)8-13(4,5)7-9(2)15/h9H,6-8H2,1-5H3. The fourth-order valence-corrected chi connectivity index (χ4v) is 3.17. The molecule has 0 aromatic carbocycles. The van der Waals surface area contributed by atoms with Crippen LogP contribution in [0.4, 0.5) is 0 Å². The van der Waals surface area contributed by atoms with Crippen molar-refractivity contribution >= 4 is 27.5 Å². The van der Waals surface area contributed by atoms with E-state index in [0.29, 0.717) is 0 Å². The Labute approximate surface area is 118 Å². The zero-order valence-corrected chi connectivity index (χ0v) is 13.7. The van der Waals surface area contributed by atoms with E-state index in [1.807, 2.05) is 6.92 Å². The van der Waals surface area contributed by atoms with Crippen LogP contribution in [0, 0.1) is 12.3 Å². The Bertz CT molecular complexity index is 383. The van der Waals surface area contributed by atoms with E-state index < -0.39 is 0 Å². The fourth-order valence-electron chi connectivity index (χ4n) is 2.32. The van der Waals surface area contributed by atoms with Crippen molar-refractivity contribution in [2.75, 3.05) is 0 Å². The molecule has 0 aliphatic heterocycles. The number of nitrogens with zero attached hydrogens (tertiary/aromatic N) is 2. The van der Waals surface area contributed by atoms with Gasteiger partial charge in [0, 0.05) is 11.9 Å². The van der Waals surface area contributed by atoms with Crippen LogP contribution in [0.5, 0.6) is 0 Å². The minimum absolute atomic E-state index is 0.198. The Balaban J connectivity index is 2.94. The predicted octanol–water partition coefficient (Wildman–Crippen LogP) is 4.56. The Kier molecular flexibility index (Phi) is 5.08. The second-order valence-electron chi connectivity index (χ2n) is 5.49. The van der Waals surface area contributed by atoms with E-state index in [1.54, 1.807) is 0 Å². The maximum absolute atomic E-state index is 6.11. The zero-order chi connectivity index (χ0) is 13.2. The number of aryl methyl sites for hydroxylation is 2. The number of halogens is 2. The summed E-state index contributed by atoms with van der Waals surface area (Å²) in [5.74, 6) is 0. The lowest BCUT2D eigenvalue weighted by Gasteiger charge is -2.26. The number of hydrogen-bond acceptors (Lipinski definition) is 1. The van der Waals surface area contributed by atoms with Crippen molar-refractivity contribution in [2.45, 2.75) is 59.4 Å². The van der Waals surface area contributed by atoms with Crippen LogP contribution in [0.2, 0.25) is 0 Å². The molecule has 1 aromatic rings. The summed E-state index contributed by atoms with van der Waals surface area (Å²) in [6.07, 6.45) is 2.01. The van der Waals surface area contributed by atoms with Crippen molar-refractivity contribution in [3.05, 3.63) is 15.9 Å². The van der Waals surface area contributed by atoms with Gasteiger partial charge in [0.1, 0.15) is 0 Å². The van der Waals surface area contributed by atoms with Crippen molar-refractivity contribution in [3.63, 3.8) is 0 Å². The second-order valence-corrected chi connectivity index (χ2v) is 7.03. The summed E-state index contributed by atoms with van der Waals surface area (Å²) in [6.45, 7) is 11.7.